The third kappa shape index (κ3) is 1.57. The van der Waals surface area contributed by atoms with E-state index in [1.54, 1.807) is 0 Å². The molecule has 12 heavy (non-hydrogen) atoms. The zero-order valence-electron chi connectivity index (χ0n) is 6.57. The van der Waals surface area contributed by atoms with Crippen molar-refractivity contribution in [3.8, 4) is 0 Å². The Labute approximate surface area is 80.3 Å². The molecule has 0 fully saturated rings. The number of hydrogen-bond donors (Lipinski definition) is 0. The van der Waals surface area contributed by atoms with E-state index < -0.39 is 0 Å². The fourth-order valence-corrected chi connectivity index (χ4v) is 1.71. The van der Waals surface area contributed by atoms with Crippen molar-refractivity contribution in [3.63, 3.8) is 0 Å². The monoisotopic (exact) mass is 224 g/mol. The van der Waals surface area contributed by atoms with Crippen LogP contribution < -0.4 is 0 Å². The molecule has 0 bridgehead atoms. The van der Waals surface area contributed by atoms with Crippen LogP contribution in [-0.4, -0.2) is 22.0 Å². The Kier molecular flexibility index (Phi) is 2.23. The van der Waals surface area contributed by atoms with Crippen LogP contribution >= 0.6 is 16.1 Å². The molecule has 0 aliphatic carbocycles. The van der Waals surface area contributed by atoms with E-state index >= 15 is 0 Å². The lowest BCUT2D eigenvalue weighted by Crippen LogP contribution is -2.05. The van der Waals surface area contributed by atoms with Crippen molar-refractivity contribution >= 4 is 21.7 Å². The predicted octanol–water partition coefficient (Wildman–Crippen LogP) is 2.09. The third-order valence-corrected chi connectivity index (χ3v) is 2.47. The molecule has 1 aromatic rings. The summed E-state index contributed by atoms with van der Waals surface area (Å²) in [6.07, 6.45) is 5.88. The second-order valence-electron chi connectivity index (χ2n) is 2.77. The van der Waals surface area contributed by atoms with Crippen LogP contribution in [0.3, 0.4) is 0 Å². The van der Waals surface area contributed by atoms with Crippen molar-refractivity contribution in [1.82, 2.24) is 8.91 Å². The molecule has 2 nitrogen and oxygen atoms in total. The summed E-state index contributed by atoms with van der Waals surface area (Å²) in [6, 6.07) is 4.08. The minimum Gasteiger partial charge on any atom is -0.265 e. The van der Waals surface area contributed by atoms with Crippen molar-refractivity contribution in [2.75, 3.05) is 13.1 Å². The number of nitrogens with zero attached hydrogens (tertiary/aromatic N) is 2. The van der Waals surface area contributed by atoms with Gasteiger partial charge in [0.05, 0.1) is 0 Å². The van der Waals surface area contributed by atoms with Crippen LogP contribution in [0.1, 0.15) is 5.56 Å². The highest BCUT2D eigenvalue weighted by atomic mass is 79.9. The topological polar surface area (TPSA) is 16.1 Å². The maximum atomic E-state index is 3.98. The molecule has 0 saturated carbocycles. The van der Waals surface area contributed by atoms with E-state index in [1.807, 2.05) is 24.5 Å². The van der Waals surface area contributed by atoms with E-state index in [1.165, 1.54) is 11.1 Å². The molecule has 0 atom stereocenters. The standard InChI is InChI=1S/C9H9BrN2/c10-12-6-3-9(7-12)8-1-4-11-5-2-8/h1-5H,6-7H2. The first kappa shape index (κ1) is 7.95. The first-order chi connectivity index (χ1) is 5.86. The van der Waals surface area contributed by atoms with Gasteiger partial charge < -0.3 is 0 Å². The van der Waals surface area contributed by atoms with Crippen molar-refractivity contribution in [2.45, 2.75) is 0 Å². The Balaban J connectivity index is 2.22. The van der Waals surface area contributed by atoms with Gasteiger partial charge in [-0.25, -0.2) is 3.93 Å². The molecule has 0 saturated heterocycles. The minimum absolute atomic E-state index is 0.976. The van der Waals surface area contributed by atoms with Gasteiger partial charge in [0.15, 0.2) is 0 Å². The van der Waals surface area contributed by atoms with E-state index in [9.17, 15) is 0 Å². The lowest BCUT2D eigenvalue weighted by atomic mass is 10.1. The molecule has 0 amide bonds. The Morgan fingerprint density at radius 3 is 2.67 bits per heavy atom. The summed E-state index contributed by atoms with van der Waals surface area (Å²) in [4.78, 5) is 3.98. The van der Waals surface area contributed by atoms with Gasteiger partial charge in [-0.05, 0) is 23.3 Å². The van der Waals surface area contributed by atoms with Crippen molar-refractivity contribution in [2.24, 2.45) is 0 Å². The van der Waals surface area contributed by atoms with Gasteiger partial charge in [-0.2, -0.15) is 0 Å². The molecular formula is C9H9BrN2. The smallest absolute Gasteiger partial charge is 0.0350 e. The molecule has 2 rings (SSSR count). The normalized spacial score (nSPS) is 17.9. The number of aromatic nitrogens is 1. The second kappa shape index (κ2) is 3.37. The lowest BCUT2D eigenvalue weighted by Gasteiger charge is -2.04. The number of hydrogen-bond acceptors (Lipinski definition) is 2. The van der Waals surface area contributed by atoms with Crippen molar-refractivity contribution in [1.29, 1.82) is 0 Å². The molecule has 62 valence electrons. The molecule has 0 spiro atoms. The fraction of sp³-hybridized carbons (Fsp3) is 0.222. The maximum absolute atomic E-state index is 3.98. The fourth-order valence-electron chi connectivity index (χ4n) is 1.30. The largest absolute Gasteiger partial charge is 0.265 e. The Hall–Kier alpha value is -0.670. The zero-order chi connectivity index (χ0) is 8.39. The van der Waals surface area contributed by atoms with Gasteiger partial charge in [-0.3, -0.25) is 4.98 Å². The zero-order valence-corrected chi connectivity index (χ0v) is 8.16. The summed E-state index contributed by atoms with van der Waals surface area (Å²) in [5, 5.41) is 0. The van der Waals surface area contributed by atoms with Crippen LogP contribution in [-0.2, 0) is 0 Å². The summed E-state index contributed by atoms with van der Waals surface area (Å²) in [7, 11) is 0. The Morgan fingerprint density at radius 2 is 2.08 bits per heavy atom. The molecule has 3 heteroatoms. The van der Waals surface area contributed by atoms with Gasteiger partial charge in [-0.15, -0.1) is 0 Å². The quantitative estimate of drug-likeness (QED) is 0.680. The van der Waals surface area contributed by atoms with Crippen LogP contribution in [0.5, 0.6) is 0 Å². The molecule has 1 aliphatic rings. The van der Waals surface area contributed by atoms with E-state index in [0.29, 0.717) is 0 Å². The first-order valence-corrected chi connectivity index (χ1v) is 4.57. The third-order valence-electron chi connectivity index (χ3n) is 1.93. The van der Waals surface area contributed by atoms with Crippen LogP contribution in [0, 0.1) is 0 Å². The van der Waals surface area contributed by atoms with Crippen LogP contribution in [0.2, 0.25) is 0 Å². The molecule has 2 heterocycles. The van der Waals surface area contributed by atoms with Gasteiger partial charge in [0, 0.05) is 41.6 Å². The second-order valence-corrected chi connectivity index (χ2v) is 3.77. The molecule has 1 aliphatic heterocycles. The molecule has 1 aromatic heterocycles. The highest BCUT2D eigenvalue weighted by Gasteiger charge is 2.11. The predicted molar refractivity (Wildman–Crippen MR) is 52.7 cm³/mol. The van der Waals surface area contributed by atoms with Crippen LogP contribution in [0.4, 0.5) is 0 Å². The van der Waals surface area contributed by atoms with Gasteiger partial charge in [0.25, 0.3) is 0 Å². The van der Waals surface area contributed by atoms with Crippen LogP contribution in [0.15, 0.2) is 30.6 Å². The summed E-state index contributed by atoms with van der Waals surface area (Å²) >= 11 is 3.44. The van der Waals surface area contributed by atoms with Crippen molar-refractivity contribution < 1.29 is 0 Å². The van der Waals surface area contributed by atoms with E-state index in [-0.39, 0.29) is 0 Å². The molecule has 0 aromatic carbocycles. The minimum atomic E-state index is 0.976. The van der Waals surface area contributed by atoms with Gasteiger partial charge in [0.2, 0.25) is 0 Å². The number of rotatable bonds is 1. The van der Waals surface area contributed by atoms with Gasteiger partial charge >= 0.3 is 0 Å². The molecule has 0 unspecified atom stereocenters. The molecule has 0 N–H and O–H groups in total. The highest BCUT2D eigenvalue weighted by molar-refractivity contribution is 9.07. The SMILES string of the molecule is BrN1CC=C(c2ccncc2)C1. The lowest BCUT2D eigenvalue weighted by molar-refractivity contribution is 0.637. The molecular weight excluding hydrogens is 216 g/mol. The molecule has 0 radical (unpaired) electrons. The summed E-state index contributed by atoms with van der Waals surface area (Å²) < 4.78 is 2.10. The van der Waals surface area contributed by atoms with Crippen LogP contribution in [0.25, 0.3) is 5.57 Å². The van der Waals surface area contributed by atoms with E-state index in [4.69, 9.17) is 0 Å². The average Bonchev–Trinajstić information content (AvgIpc) is 2.54. The average molecular weight is 225 g/mol. The van der Waals surface area contributed by atoms with Gasteiger partial charge in [-0.1, -0.05) is 6.08 Å². The van der Waals surface area contributed by atoms with Gasteiger partial charge in [0.1, 0.15) is 0 Å². The number of pyridine rings is 1. The highest BCUT2D eigenvalue weighted by Crippen LogP contribution is 2.21. The summed E-state index contributed by atoms with van der Waals surface area (Å²) in [5.41, 5.74) is 2.64. The van der Waals surface area contributed by atoms with E-state index in [2.05, 4.69) is 31.1 Å². The maximum Gasteiger partial charge on any atom is 0.0350 e. The first-order valence-electron chi connectivity index (χ1n) is 3.86. The number of halogens is 1. The van der Waals surface area contributed by atoms with Crippen molar-refractivity contribution in [3.05, 3.63) is 36.2 Å². The Bertz CT molecular complexity index is 295. The summed E-state index contributed by atoms with van der Waals surface area (Å²) in [6.45, 7) is 1.96. The van der Waals surface area contributed by atoms with E-state index in [0.717, 1.165) is 13.1 Å². The summed E-state index contributed by atoms with van der Waals surface area (Å²) in [5.74, 6) is 0. The Morgan fingerprint density at radius 1 is 1.33 bits per heavy atom.